The monoisotopic (exact) mass is 237 g/mol. The molecule has 0 aromatic heterocycles. The SMILES string of the molecule is CCCCCCCNC(=O)c1ccccc1F. The first kappa shape index (κ1) is 13.7. The molecule has 0 atom stereocenters. The summed E-state index contributed by atoms with van der Waals surface area (Å²) in [5, 5.41) is 2.74. The lowest BCUT2D eigenvalue weighted by atomic mass is 10.1. The Hall–Kier alpha value is -1.38. The molecule has 0 unspecified atom stereocenters. The summed E-state index contributed by atoms with van der Waals surface area (Å²) >= 11 is 0. The second kappa shape index (κ2) is 7.82. The Morgan fingerprint density at radius 3 is 2.59 bits per heavy atom. The molecule has 0 bridgehead atoms. The van der Waals surface area contributed by atoms with Crippen LogP contribution in [0.25, 0.3) is 0 Å². The van der Waals surface area contributed by atoms with Crippen LogP contribution in [0.5, 0.6) is 0 Å². The van der Waals surface area contributed by atoms with Crippen molar-refractivity contribution in [2.75, 3.05) is 6.54 Å². The molecule has 0 aliphatic carbocycles. The molecule has 1 rings (SSSR count). The summed E-state index contributed by atoms with van der Waals surface area (Å²) < 4.78 is 13.3. The van der Waals surface area contributed by atoms with Crippen LogP contribution in [0, 0.1) is 5.82 Å². The van der Waals surface area contributed by atoms with Crippen molar-refractivity contribution in [3.8, 4) is 0 Å². The zero-order chi connectivity index (χ0) is 12.5. The summed E-state index contributed by atoms with van der Waals surface area (Å²) in [6.45, 7) is 2.79. The van der Waals surface area contributed by atoms with Crippen LogP contribution in [0.15, 0.2) is 24.3 Å². The molecule has 0 aliphatic heterocycles. The first-order valence-electron chi connectivity index (χ1n) is 6.28. The Labute approximate surface area is 102 Å². The van der Waals surface area contributed by atoms with Crippen LogP contribution in [0.3, 0.4) is 0 Å². The fraction of sp³-hybridized carbons (Fsp3) is 0.500. The average Bonchev–Trinajstić information content (AvgIpc) is 2.34. The van der Waals surface area contributed by atoms with Crippen LogP contribution in [0.1, 0.15) is 49.4 Å². The highest BCUT2D eigenvalue weighted by Gasteiger charge is 2.09. The van der Waals surface area contributed by atoms with Gasteiger partial charge in [0.05, 0.1) is 5.56 Å². The van der Waals surface area contributed by atoms with Crippen LogP contribution in [0.2, 0.25) is 0 Å². The molecule has 3 heteroatoms. The van der Waals surface area contributed by atoms with Gasteiger partial charge in [0.15, 0.2) is 0 Å². The Balaban J connectivity index is 2.24. The summed E-state index contributed by atoms with van der Waals surface area (Å²) in [5.41, 5.74) is 0.126. The number of halogens is 1. The Morgan fingerprint density at radius 2 is 1.88 bits per heavy atom. The third kappa shape index (κ3) is 4.98. The molecule has 0 saturated carbocycles. The van der Waals surface area contributed by atoms with Crippen molar-refractivity contribution in [1.29, 1.82) is 0 Å². The van der Waals surface area contributed by atoms with E-state index in [1.165, 1.54) is 31.4 Å². The second-order valence-electron chi connectivity index (χ2n) is 4.15. The number of unbranched alkanes of at least 4 members (excludes halogenated alkanes) is 4. The highest BCUT2D eigenvalue weighted by atomic mass is 19.1. The Bertz CT molecular complexity index is 352. The standard InChI is InChI=1S/C14H20FNO/c1-2-3-4-5-8-11-16-14(17)12-9-6-7-10-13(12)15/h6-7,9-10H,2-5,8,11H2,1H3,(H,16,17). The number of hydrogen-bond acceptors (Lipinski definition) is 1. The number of hydrogen-bond donors (Lipinski definition) is 1. The van der Waals surface area contributed by atoms with Gasteiger partial charge in [-0.05, 0) is 18.6 Å². The molecular weight excluding hydrogens is 217 g/mol. The number of rotatable bonds is 7. The van der Waals surface area contributed by atoms with Crippen LogP contribution in [0.4, 0.5) is 4.39 Å². The molecule has 0 radical (unpaired) electrons. The highest BCUT2D eigenvalue weighted by molar-refractivity contribution is 5.94. The third-order valence-corrected chi connectivity index (χ3v) is 2.68. The van der Waals surface area contributed by atoms with E-state index in [0.717, 1.165) is 12.8 Å². The first-order valence-corrected chi connectivity index (χ1v) is 6.28. The Kier molecular flexibility index (Phi) is 6.30. The summed E-state index contributed by atoms with van der Waals surface area (Å²) in [7, 11) is 0. The van der Waals surface area contributed by atoms with Gasteiger partial charge in [0.2, 0.25) is 0 Å². The maximum Gasteiger partial charge on any atom is 0.254 e. The molecule has 0 fully saturated rings. The average molecular weight is 237 g/mol. The van der Waals surface area contributed by atoms with E-state index in [9.17, 15) is 9.18 Å². The van der Waals surface area contributed by atoms with E-state index < -0.39 is 5.82 Å². The van der Waals surface area contributed by atoms with Gasteiger partial charge in [-0.2, -0.15) is 0 Å². The normalized spacial score (nSPS) is 10.2. The van der Waals surface area contributed by atoms with Gasteiger partial charge in [-0.1, -0.05) is 44.7 Å². The van der Waals surface area contributed by atoms with E-state index in [1.54, 1.807) is 12.1 Å². The molecule has 1 aromatic carbocycles. The molecule has 1 aromatic rings. The molecule has 0 heterocycles. The summed E-state index contributed by atoms with van der Waals surface area (Å²) in [6.07, 6.45) is 5.72. The topological polar surface area (TPSA) is 29.1 Å². The van der Waals surface area contributed by atoms with Crippen LogP contribution < -0.4 is 5.32 Å². The van der Waals surface area contributed by atoms with E-state index in [4.69, 9.17) is 0 Å². The van der Waals surface area contributed by atoms with Gasteiger partial charge in [0, 0.05) is 6.54 Å². The van der Waals surface area contributed by atoms with Crippen molar-refractivity contribution >= 4 is 5.91 Å². The molecular formula is C14H20FNO. The zero-order valence-corrected chi connectivity index (χ0v) is 10.3. The largest absolute Gasteiger partial charge is 0.352 e. The van der Waals surface area contributed by atoms with Crippen molar-refractivity contribution < 1.29 is 9.18 Å². The Morgan fingerprint density at radius 1 is 1.18 bits per heavy atom. The smallest absolute Gasteiger partial charge is 0.254 e. The van der Waals surface area contributed by atoms with Crippen LogP contribution in [-0.2, 0) is 0 Å². The molecule has 0 saturated heterocycles. The molecule has 0 spiro atoms. The molecule has 94 valence electrons. The van der Waals surface area contributed by atoms with Crippen molar-refractivity contribution in [2.45, 2.75) is 39.0 Å². The quantitative estimate of drug-likeness (QED) is 0.722. The van der Waals surface area contributed by atoms with Gasteiger partial charge in [0.25, 0.3) is 5.91 Å². The lowest BCUT2D eigenvalue weighted by Gasteiger charge is -2.05. The minimum Gasteiger partial charge on any atom is -0.352 e. The van der Waals surface area contributed by atoms with E-state index in [1.807, 2.05) is 0 Å². The lowest BCUT2D eigenvalue weighted by molar-refractivity contribution is 0.0949. The summed E-state index contributed by atoms with van der Waals surface area (Å²) in [6, 6.07) is 6.05. The van der Waals surface area contributed by atoms with Gasteiger partial charge < -0.3 is 5.32 Å². The predicted octanol–water partition coefficient (Wildman–Crippen LogP) is 3.53. The lowest BCUT2D eigenvalue weighted by Crippen LogP contribution is -2.25. The predicted molar refractivity (Wildman–Crippen MR) is 67.5 cm³/mol. The van der Waals surface area contributed by atoms with E-state index >= 15 is 0 Å². The van der Waals surface area contributed by atoms with Crippen molar-refractivity contribution in [1.82, 2.24) is 5.32 Å². The second-order valence-corrected chi connectivity index (χ2v) is 4.15. The maximum atomic E-state index is 13.3. The number of nitrogens with one attached hydrogen (secondary N) is 1. The zero-order valence-electron chi connectivity index (χ0n) is 10.3. The fourth-order valence-corrected chi connectivity index (χ4v) is 1.67. The van der Waals surface area contributed by atoms with Gasteiger partial charge in [-0.15, -0.1) is 0 Å². The highest BCUT2D eigenvalue weighted by Crippen LogP contribution is 2.06. The van der Waals surface area contributed by atoms with Crippen molar-refractivity contribution in [3.63, 3.8) is 0 Å². The molecule has 1 N–H and O–H groups in total. The van der Waals surface area contributed by atoms with Gasteiger partial charge in [0.1, 0.15) is 5.82 Å². The van der Waals surface area contributed by atoms with Crippen LogP contribution in [-0.4, -0.2) is 12.5 Å². The minimum absolute atomic E-state index is 0.126. The summed E-state index contributed by atoms with van der Waals surface area (Å²) in [5.74, 6) is -0.783. The maximum absolute atomic E-state index is 13.3. The van der Waals surface area contributed by atoms with Crippen LogP contribution >= 0.6 is 0 Å². The van der Waals surface area contributed by atoms with E-state index in [-0.39, 0.29) is 11.5 Å². The van der Waals surface area contributed by atoms with E-state index in [2.05, 4.69) is 12.2 Å². The third-order valence-electron chi connectivity index (χ3n) is 2.68. The molecule has 1 amide bonds. The first-order chi connectivity index (χ1) is 8.25. The molecule has 2 nitrogen and oxygen atoms in total. The van der Waals surface area contributed by atoms with Gasteiger partial charge >= 0.3 is 0 Å². The van der Waals surface area contributed by atoms with Gasteiger partial charge in [-0.25, -0.2) is 4.39 Å². The summed E-state index contributed by atoms with van der Waals surface area (Å²) in [4.78, 5) is 11.6. The molecule has 17 heavy (non-hydrogen) atoms. The van der Waals surface area contributed by atoms with Crippen molar-refractivity contribution in [3.05, 3.63) is 35.6 Å². The number of carbonyl (C=O) groups excluding carboxylic acids is 1. The van der Waals surface area contributed by atoms with Crippen molar-refractivity contribution in [2.24, 2.45) is 0 Å². The van der Waals surface area contributed by atoms with E-state index in [0.29, 0.717) is 6.54 Å². The fourth-order valence-electron chi connectivity index (χ4n) is 1.67. The number of carbonyl (C=O) groups is 1. The van der Waals surface area contributed by atoms with Gasteiger partial charge in [-0.3, -0.25) is 4.79 Å². The number of amides is 1. The minimum atomic E-state index is -0.462. The number of benzene rings is 1. The molecule has 0 aliphatic rings.